The molecule has 6 N–H and O–H groups in total. The van der Waals surface area contributed by atoms with Gasteiger partial charge in [-0.2, -0.15) is 0 Å². The van der Waals surface area contributed by atoms with E-state index in [4.69, 9.17) is 16.2 Å². The minimum atomic E-state index is -0.821. The highest BCUT2D eigenvalue weighted by Crippen LogP contribution is 2.28. The van der Waals surface area contributed by atoms with Gasteiger partial charge >= 0.3 is 0 Å². The molecule has 0 bridgehead atoms. The zero-order valence-electron chi connectivity index (χ0n) is 15.0. The monoisotopic (exact) mass is 348 g/mol. The molecule has 2 aromatic rings. The van der Waals surface area contributed by atoms with E-state index in [-0.39, 0.29) is 0 Å². The van der Waals surface area contributed by atoms with E-state index in [0.717, 1.165) is 56.1 Å². The highest BCUT2D eigenvalue weighted by Gasteiger charge is 2.16. The van der Waals surface area contributed by atoms with Crippen LogP contribution in [0.15, 0.2) is 12.1 Å². The topological polar surface area (TPSA) is 115 Å². The summed E-state index contributed by atoms with van der Waals surface area (Å²) in [6.07, 6.45) is 0. The molecular formula is C17H28N6O2. The van der Waals surface area contributed by atoms with Crippen molar-refractivity contribution in [1.82, 2.24) is 14.5 Å². The summed E-state index contributed by atoms with van der Waals surface area (Å²) in [5.41, 5.74) is 14.6. The molecule has 0 unspecified atom stereocenters. The van der Waals surface area contributed by atoms with Crippen LogP contribution >= 0.6 is 0 Å². The third-order valence-electron chi connectivity index (χ3n) is 4.40. The second-order valence-corrected chi connectivity index (χ2v) is 7.17. The molecule has 3 rings (SSSR count). The Morgan fingerprint density at radius 1 is 1.24 bits per heavy atom. The summed E-state index contributed by atoms with van der Waals surface area (Å²) >= 11 is 0. The van der Waals surface area contributed by atoms with Gasteiger partial charge in [0, 0.05) is 32.7 Å². The first-order chi connectivity index (χ1) is 11.8. The number of nitrogens with zero attached hydrogens (tertiary/aromatic N) is 3. The van der Waals surface area contributed by atoms with Crippen molar-refractivity contribution in [2.45, 2.75) is 26.0 Å². The summed E-state index contributed by atoms with van der Waals surface area (Å²) in [7, 11) is 0. The molecule has 1 aromatic heterocycles. The molecule has 1 aromatic carbocycles. The fourth-order valence-corrected chi connectivity index (χ4v) is 2.97. The van der Waals surface area contributed by atoms with Crippen LogP contribution in [0, 0.1) is 0 Å². The first-order valence-electron chi connectivity index (χ1n) is 8.65. The molecule has 1 aliphatic heterocycles. The number of imidazole rings is 1. The Labute approximate surface area is 147 Å². The van der Waals surface area contributed by atoms with Gasteiger partial charge in [0.25, 0.3) is 0 Å². The van der Waals surface area contributed by atoms with Crippen LogP contribution < -0.4 is 16.8 Å². The van der Waals surface area contributed by atoms with Gasteiger partial charge in [-0.1, -0.05) is 0 Å². The van der Waals surface area contributed by atoms with Crippen LogP contribution in [0.3, 0.4) is 0 Å². The van der Waals surface area contributed by atoms with E-state index in [2.05, 4.69) is 15.2 Å². The summed E-state index contributed by atoms with van der Waals surface area (Å²) in [4.78, 5) is 6.82. The fourth-order valence-electron chi connectivity index (χ4n) is 2.97. The van der Waals surface area contributed by atoms with E-state index in [1.165, 1.54) is 0 Å². The lowest BCUT2D eigenvalue weighted by Gasteiger charge is -2.26. The standard InChI is InChI=1S/C17H28N6O2/c1-17(2,24)11-20-13-10-14-15(9-12(13)18)23(16(19)21-14)4-3-22-5-7-25-8-6-22/h9-10,20,24H,3-8,11,18H2,1-2H3,(H2,19,21). The summed E-state index contributed by atoms with van der Waals surface area (Å²) in [5.74, 6) is 0.488. The van der Waals surface area contributed by atoms with Gasteiger partial charge in [-0.25, -0.2) is 4.98 Å². The minimum Gasteiger partial charge on any atom is -0.397 e. The molecule has 138 valence electrons. The van der Waals surface area contributed by atoms with Crippen LogP contribution in [0.1, 0.15) is 13.8 Å². The second-order valence-electron chi connectivity index (χ2n) is 7.17. The Morgan fingerprint density at radius 3 is 2.64 bits per heavy atom. The molecule has 2 heterocycles. The number of anilines is 3. The number of aromatic nitrogens is 2. The average Bonchev–Trinajstić information content (AvgIpc) is 2.85. The van der Waals surface area contributed by atoms with Crippen molar-refractivity contribution in [3.8, 4) is 0 Å². The van der Waals surface area contributed by atoms with E-state index in [1.807, 2.05) is 16.7 Å². The van der Waals surface area contributed by atoms with Crippen molar-refractivity contribution in [3.05, 3.63) is 12.1 Å². The average molecular weight is 348 g/mol. The number of hydrogen-bond acceptors (Lipinski definition) is 7. The van der Waals surface area contributed by atoms with Crippen molar-refractivity contribution in [2.24, 2.45) is 0 Å². The van der Waals surface area contributed by atoms with Gasteiger partial charge in [0.1, 0.15) is 0 Å². The van der Waals surface area contributed by atoms with Gasteiger partial charge in [-0.15, -0.1) is 0 Å². The lowest BCUT2D eigenvalue weighted by Crippen LogP contribution is -2.38. The molecule has 0 spiro atoms. The third-order valence-corrected chi connectivity index (χ3v) is 4.40. The number of benzene rings is 1. The van der Waals surface area contributed by atoms with Crippen LogP contribution in [-0.2, 0) is 11.3 Å². The van der Waals surface area contributed by atoms with Crippen molar-refractivity contribution in [3.63, 3.8) is 0 Å². The highest BCUT2D eigenvalue weighted by atomic mass is 16.5. The van der Waals surface area contributed by atoms with E-state index in [0.29, 0.717) is 18.2 Å². The van der Waals surface area contributed by atoms with Gasteiger partial charge in [-0.05, 0) is 26.0 Å². The Kier molecular flexibility index (Phi) is 5.03. The third kappa shape index (κ3) is 4.33. The number of nitrogen functional groups attached to an aromatic ring is 2. The van der Waals surface area contributed by atoms with Gasteiger partial charge < -0.3 is 31.2 Å². The van der Waals surface area contributed by atoms with Crippen LogP contribution in [0.5, 0.6) is 0 Å². The number of ether oxygens (including phenoxy) is 1. The van der Waals surface area contributed by atoms with Crippen molar-refractivity contribution in [1.29, 1.82) is 0 Å². The molecule has 8 nitrogen and oxygen atoms in total. The van der Waals surface area contributed by atoms with E-state index in [9.17, 15) is 5.11 Å². The Morgan fingerprint density at radius 2 is 1.96 bits per heavy atom. The van der Waals surface area contributed by atoms with Crippen LogP contribution in [0.2, 0.25) is 0 Å². The van der Waals surface area contributed by atoms with Crippen LogP contribution in [-0.4, -0.2) is 64.6 Å². The lowest BCUT2D eigenvalue weighted by atomic mass is 10.1. The highest BCUT2D eigenvalue weighted by molar-refractivity contribution is 5.88. The van der Waals surface area contributed by atoms with Gasteiger partial charge in [0.05, 0.1) is 41.2 Å². The van der Waals surface area contributed by atoms with Crippen molar-refractivity contribution in [2.75, 3.05) is 56.2 Å². The minimum absolute atomic E-state index is 0.399. The van der Waals surface area contributed by atoms with Gasteiger partial charge in [0.2, 0.25) is 5.95 Å². The molecule has 0 radical (unpaired) electrons. The first kappa shape index (κ1) is 17.8. The predicted molar refractivity (Wildman–Crippen MR) is 101 cm³/mol. The van der Waals surface area contributed by atoms with Crippen molar-refractivity contribution >= 4 is 28.4 Å². The van der Waals surface area contributed by atoms with Gasteiger partial charge in [-0.3, -0.25) is 4.90 Å². The lowest BCUT2D eigenvalue weighted by molar-refractivity contribution is 0.0366. The predicted octanol–water partition coefficient (Wildman–Crippen LogP) is 0.716. The maximum absolute atomic E-state index is 9.87. The fraction of sp³-hybridized carbons (Fsp3) is 0.588. The molecule has 8 heteroatoms. The molecule has 25 heavy (non-hydrogen) atoms. The summed E-state index contributed by atoms with van der Waals surface area (Å²) in [5, 5.41) is 13.0. The normalized spacial score (nSPS) is 16.4. The number of nitrogens with two attached hydrogens (primary N) is 2. The first-order valence-corrected chi connectivity index (χ1v) is 8.65. The summed E-state index contributed by atoms with van der Waals surface area (Å²) in [6.45, 7) is 9.00. The molecular weight excluding hydrogens is 320 g/mol. The van der Waals surface area contributed by atoms with E-state index >= 15 is 0 Å². The zero-order valence-corrected chi connectivity index (χ0v) is 15.0. The summed E-state index contributed by atoms with van der Waals surface area (Å²) < 4.78 is 7.38. The number of fused-ring (bicyclic) bond motifs is 1. The number of hydrogen-bond donors (Lipinski definition) is 4. The van der Waals surface area contributed by atoms with Gasteiger partial charge in [0.15, 0.2) is 0 Å². The molecule has 1 saturated heterocycles. The molecule has 1 aliphatic rings. The quantitative estimate of drug-likeness (QED) is 0.569. The summed E-state index contributed by atoms with van der Waals surface area (Å²) in [6, 6.07) is 3.78. The van der Waals surface area contributed by atoms with E-state index < -0.39 is 5.60 Å². The molecule has 0 atom stereocenters. The Bertz CT molecular complexity index is 731. The van der Waals surface area contributed by atoms with Crippen LogP contribution in [0.4, 0.5) is 17.3 Å². The Balaban J connectivity index is 1.78. The maximum atomic E-state index is 9.87. The molecule has 0 amide bonds. The maximum Gasteiger partial charge on any atom is 0.201 e. The SMILES string of the molecule is CC(C)(O)CNc1cc2nc(N)n(CCN3CCOCC3)c2cc1N. The zero-order chi connectivity index (χ0) is 18.0. The Hall–Kier alpha value is -2.03. The smallest absolute Gasteiger partial charge is 0.201 e. The molecule has 1 fully saturated rings. The number of rotatable bonds is 6. The largest absolute Gasteiger partial charge is 0.397 e. The number of morpholine rings is 1. The molecule has 0 saturated carbocycles. The van der Waals surface area contributed by atoms with Crippen molar-refractivity contribution < 1.29 is 9.84 Å². The molecule has 0 aliphatic carbocycles. The second kappa shape index (κ2) is 7.07. The number of aliphatic hydroxyl groups is 1. The van der Waals surface area contributed by atoms with Crippen LogP contribution in [0.25, 0.3) is 11.0 Å². The van der Waals surface area contributed by atoms with E-state index in [1.54, 1.807) is 13.8 Å². The number of nitrogens with one attached hydrogen (secondary N) is 1.